The zero-order chi connectivity index (χ0) is 20.2. The van der Waals surface area contributed by atoms with Crippen LogP contribution in [0.4, 0.5) is 0 Å². The maximum atomic E-state index is 10.7. The van der Waals surface area contributed by atoms with Gasteiger partial charge in [-0.2, -0.15) is 8.42 Å². The third-order valence-corrected chi connectivity index (χ3v) is 3.78. The van der Waals surface area contributed by atoms with Crippen LogP contribution in [0.1, 0.15) is 65.2 Å². The van der Waals surface area contributed by atoms with Crippen molar-refractivity contribution in [2.24, 2.45) is 0 Å². The van der Waals surface area contributed by atoms with E-state index in [2.05, 4.69) is 72.5 Å². The third-order valence-electron chi connectivity index (χ3n) is 3.78. The summed E-state index contributed by atoms with van der Waals surface area (Å²) in [5.41, 5.74) is 3.27. The van der Waals surface area contributed by atoms with Crippen molar-refractivity contribution in [3.8, 4) is 5.75 Å². The molecule has 146 valence electrons. The zero-order valence-electron chi connectivity index (χ0n) is 17.1. The monoisotopic (exact) mass is 373 g/mol. The minimum Gasteiger partial charge on any atom is -0.507 e. The maximum Gasteiger partial charge on any atom is 0.261 e. The second-order valence-corrected chi connectivity index (χ2v) is 10.1. The molecular weight excluding hydrogens is 338 g/mol. The van der Waals surface area contributed by atoms with Crippen molar-refractivity contribution in [1.82, 2.24) is 4.90 Å². The van der Waals surface area contributed by atoms with Gasteiger partial charge in [0.1, 0.15) is 5.75 Å². The molecule has 0 aliphatic heterocycles. The number of nitrogens with zero attached hydrogens (tertiary/aromatic N) is 1. The Hall–Kier alpha value is -1.11. The minimum atomic E-state index is -3.67. The fraction of sp³-hybridized carbons (Fsp3) is 0.684. The van der Waals surface area contributed by atoms with Crippen molar-refractivity contribution in [3.05, 3.63) is 28.8 Å². The molecule has 0 heterocycles. The van der Waals surface area contributed by atoms with Crippen LogP contribution in [0.2, 0.25) is 0 Å². The van der Waals surface area contributed by atoms with E-state index in [9.17, 15) is 13.5 Å². The fourth-order valence-electron chi connectivity index (χ4n) is 2.35. The molecule has 0 aliphatic rings. The number of aromatic hydroxyl groups is 1. The summed E-state index contributed by atoms with van der Waals surface area (Å²) in [4.78, 5) is 2.28. The van der Waals surface area contributed by atoms with E-state index in [0.717, 1.165) is 24.2 Å². The highest BCUT2D eigenvalue weighted by Gasteiger charge is 2.26. The molecule has 6 heteroatoms. The summed E-state index contributed by atoms with van der Waals surface area (Å²) in [5.74, 6) is 0.466. The Morgan fingerprint density at radius 1 is 1.00 bits per heavy atom. The number of phenolic OH excluding ortho intramolecular Hbond substituents is 1. The van der Waals surface area contributed by atoms with Crippen LogP contribution >= 0.6 is 0 Å². The van der Waals surface area contributed by atoms with Gasteiger partial charge in [0.2, 0.25) is 0 Å². The summed E-state index contributed by atoms with van der Waals surface area (Å²) in [6.45, 7) is 17.0. The van der Waals surface area contributed by atoms with Crippen LogP contribution in [-0.2, 0) is 27.5 Å². The molecule has 1 aromatic carbocycles. The highest BCUT2D eigenvalue weighted by molar-refractivity contribution is 7.85. The van der Waals surface area contributed by atoms with E-state index >= 15 is 0 Å². The molecule has 5 nitrogen and oxygen atoms in total. The van der Waals surface area contributed by atoms with Crippen LogP contribution in [0, 0.1) is 0 Å². The predicted octanol–water partition coefficient (Wildman–Crippen LogP) is 3.94. The summed E-state index contributed by atoms with van der Waals surface area (Å²) in [6.07, 6.45) is 0.715. The van der Waals surface area contributed by atoms with Gasteiger partial charge in [-0.15, -0.1) is 0 Å². The number of phenols is 1. The fourth-order valence-corrected chi connectivity index (χ4v) is 2.35. The quantitative estimate of drug-likeness (QED) is 0.785. The molecular formula is C19H35NO4S. The van der Waals surface area contributed by atoms with Crippen molar-refractivity contribution in [3.63, 3.8) is 0 Å². The SMILES string of the molecule is CCN(C)Cc1cc(C(C)(C)C)c(O)c(C(C)(C)C)c1.CS(=O)(=O)O. The maximum absolute atomic E-state index is 10.7. The Bertz CT molecular complexity index is 625. The second-order valence-electron chi connectivity index (χ2n) is 8.60. The first-order valence-corrected chi connectivity index (χ1v) is 10.3. The van der Waals surface area contributed by atoms with Crippen LogP contribution in [0.15, 0.2) is 12.1 Å². The molecule has 0 aromatic heterocycles. The number of benzene rings is 1. The Labute approximate surface area is 153 Å². The standard InChI is InChI=1S/C18H31NO.CH4O3S/c1-9-19(8)12-13-10-14(17(2,3)4)16(20)15(11-13)18(5,6)7;1-5(2,3)4/h10-11,20H,9,12H2,1-8H3;1H3,(H,2,3,4). The number of hydrogen-bond donors (Lipinski definition) is 2. The third kappa shape index (κ3) is 9.23. The lowest BCUT2D eigenvalue weighted by molar-refractivity contribution is 0.344. The highest BCUT2D eigenvalue weighted by atomic mass is 32.2. The number of hydrogen-bond acceptors (Lipinski definition) is 4. The molecule has 0 radical (unpaired) electrons. The Balaban J connectivity index is 0.00000101. The lowest BCUT2D eigenvalue weighted by atomic mass is 9.78. The van der Waals surface area contributed by atoms with Crippen LogP contribution in [0.25, 0.3) is 0 Å². The Morgan fingerprint density at radius 3 is 1.56 bits per heavy atom. The lowest BCUT2D eigenvalue weighted by Crippen LogP contribution is -2.21. The topological polar surface area (TPSA) is 77.8 Å². The summed E-state index contributed by atoms with van der Waals surface area (Å²) < 4.78 is 25.9. The first kappa shape index (κ1) is 23.9. The first-order chi connectivity index (χ1) is 11.0. The molecule has 0 amide bonds. The zero-order valence-corrected chi connectivity index (χ0v) is 18.0. The average molecular weight is 374 g/mol. The summed E-state index contributed by atoms with van der Waals surface area (Å²) in [5, 5.41) is 10.7. The molecule has 25 heavy (non-hydrogen) atoms. The molecule has 0 saturated carbocycles. The molecule has 0 spiro atoms. The molecule has 0 fully saturated rings. The van der Waals surface area contributed by atoms with Crippen molar-refractivity contribution in [2.45, 2.75) is 65.8 Å². The minimum absolute atomic E-state index is 0.0507. The van der Waals surface area contributed by atoms with Gasteiger partial charge in [-0.05, 0) is 41.1 Å². The van der Waals surface area contributed by atoms with E-state index in [-0.39, 0.29) is 10.8 Å². The largest absolute Gasteiger partial charge is 0.507 e. The van der Waals surface area contributed by atoms with Crippen LogP contribution in [0.5, 0.6) is 5.75 Å². The lowest BCUT2D eigenvalue weighted by Gasteiger charge is -2.29. The normalized spacial score (nSPS) is 12.8. The van der Waals surface area contributed by atoms with Gasteiger partial charge in [-0.1, -0.05) is 60.6 Å². The van der Waals surface area contributed by atoms with Crippen molar-refractivity contribution in [2.75, 3.05) is 19.8 Å². The summed E-state index contributed by atoms with van der Waals surface area (Å²) >= 11 is 0. The molecule has 0 aliphatic carbocycles. The van der Waals surface area contributed by atoms with E-state index in [1.807, 2.05) is 0 Å². The van der Waals surface area contributed by atoms with Crippen molar-refractivity contribution < 1.29 is 18.1 Å². The van der Waals surface area contributed by atoms with Gasteiger partial charge in [-0.25, -0.2) is 0 Å². The number of rotatable bonds is 3. The van der Waals surface area contributed by atoms with Gasteiger partial charge in [0.15, 0.2) is 0 Å². The smallest absolute Gasteiger partial charge is 0.261 e. The molecule has 1 aromatic rings. The van der Waals surface area contributed by atoms with Gasteiger partial charge in [0.05, 0.1) is 6.26 Å². The Morgan fingerprint density at radius 2 is 1.32 bits per heavy atom. The predicted molar refractivity (Wildman–Crippen MR) is 105 cm³/mol. The molecule has 2 N–H and O–H groups in total. The molecule has 0 saturated heterocycles. The van der Waals surface area contributed by atoms with Crippen molar-refractivity contribution in [1.29, 1.82) is 0 Å². The van der Waals surface area contributed by atoms with E-state index in [1.54, 1.807) is 0 Å². The van der Waals surface area contributed by atoms with Crippen molar-refractivity contribution >= 4 is 10.1 Å². The second kappa shape index (κ2) is 8.52. The van der Waals surface area contributed by atoms with E-state index in [1.165, 1.54) is 5.56 Å². The summed E-state index contributed by atoms with van der Waals surface area (Å²) in [7, 11) is -1.54. The van der Waals surface area contributed by atoms with Gasteiger partial charge in [0.25, 0.3) is 10.1 Å². The molecule has 0 atom stereocenters. The summed E-state index contributed by atoms with van der Waals surface area (Å²) in [6, 6.07) is 4.33. The Kier molecular flexibility index (Phi) is 8.14. The van der Waals surface area contributed by atoms with E-state index in [0.29, 0.717) is 12.0 Å². The molecule has 1 rings (SSSR count). The van der Waals surface area contributed by atoms with Gasteiger partial charge < -0.3 is 10.0 Å². The molecule has 0 unspecified atom stereocenters. The van der Waals surface area contributed by atoms with Crippen LogP contribution in [0.3, 0.4) is 0 Å². The highest BCUT2D eigenvalue weighted by Crippen LogP contribution is 2.39. The average Bonchev–Trinajstić information content (AvgIpc) is 2.35. The van der Waals surface area contributed by atoms with Crippen LogP contribution < -0.4 is 0 Å². The first-order valence-electron chi connectivity index (χ1n) is 8.44. The molecule has 0 bridgehead atoms. The van der Waals surface area contributed by atoms with E-state index in [4.69, 9.17) is 4.55 Å². The van der Waals surface area contributed by atoms with Gasteiger partial charge in [0, 0.05) is 6.54 Å². The van der Waals surface area contributed by atoms with Gasteiger partial charge in [-0.3, -0.25) is 4.55 Å². The van der Waals surface area contributed by atoms with Gasteiger partial charge >= 0.3 is 0 Å². The van der Waals surface area contributed by atoms with E-state index < -0.39 is 10.1 Å². The van der Waals surface area contributed by atoms with Crippen LogP contribution in [-0.4, -0.2) is 42.8 Å².